The number of benzene rings is 3. The molecule has 1 aliphatic heterocycles. The number of carboxylic acids is 1. The maximum atomic E-state index is 13.6. The number of fused-ring (bicyclic) bond motifs is 2. The van der Waals surface area contributed by atoms with E-state index in [9.17, 15) is 9.59 Å². The third-order valence-electron chi connectivity index (χ3n) is 6.74. The zero-order chi connectivity index (χ0) is 27.4. The van der Waals surface area contributed by atoms with Gasteiger partial charge in [0.05, 0.1) is 5.36 Å². The number of rotatable bonds is 9. The van der Waals surface area contributed by atoms with Crippen LogP contribution in [0.2, 0.25) is 0 Å². The predicted octanol–water partition coefficient (Wildman–Crippen LogP) is 6.11. The molecule has 1 heterocycles. The Morgan fingerprint density at radius 1 is 1.03 bits per heavy atom. The van der Waals surface area contributed by atoms with Crippen molar-refractivity contribution < 1.29 is 19.1 Å². The first-order valence-corrected chi connectivity index (χ1v) is 13.1. The van der Waals surface area contributed by atoms with Gasteiger partial charge in [0, 0.05) is 73.0 Å². The number of hydrogen-bond donors (Lipinski definition) is 2. The fraction of sp³-hybridized carbons (Fsp3) is 0.323. The number of hydrogen-bond acceptors (Lipinski definition) is 5. The van der Waals surface area contributed by atoms with E-state index in [-0.39, 0.29) is 12.3 Å². The Morgan fingerprint density at radius 3 is 2.50 bits per heavy atom. The number of aryl methyl sites for hydroxylation is 2. The Balaban J connectivity index is 1.99. The summed E-state index contributed by atoms with van der Waals surface area (Å²) in [5.41, 5.74) is 7.05. The maximum Gasteiger partial charge on any atom is 0.303 e. The van der Waals surface area contributed by atoms with Gasteiger partial charge in [-0.15, -0.1) is 0 Å². The summed E-state index contributed by atoms with van der Waals surface area (Å²) >= 11 is 0. The van der Waals surface area contributed by atoms with Crippen LogP contribution < -0.4 is 10.7 Å². The quantitative estimate of drug-likeness (QED) is 0.263. The topological polar surface area (TPSA) is 95.1 Å². The van der Waals surface area contributed by atoms with Crippen molar-refractivity contribution in [2.75, 3.05) is 32.0 Å². The highest BCUT2D eigenvalue weighted by atomic mass is 16.4. The lowest BCUT2D eigenvalue weighted by Gasteiger charge is -2.22. The molecule has 0 atom stereocenters. The Kier molecular flexibility index (Phi) is 8.15. The highest BCUT2D eigenvalue weighted by Crippen LogP contribution is 2.43. The number of carbonyl (C=O) groups is 2. The second-order valence-electron chi connectivity index (χ2n) is 9.55. The normalized spacial score (nSPS) is 11.8. The van der Waals surface area contributed by atoms with Crippen LogP contribution in [-0.2, 0) is 4.79 Å². The van der Waals surface area contributed by atoms with Crippen molar-refractivity contribution in [1.82, 2.24) is 4.90 Å². The average molecular weight is 514 g/mol. The van der Waals surface area contributed by atoms with E-state index in [1.54, 1.807) is 11.9 Å². The lowest BCUT2D eigenvalue weighted by atomic mass is 9.89. The molecule has 7 heteroatoms. The van der Waals surface area contributed by atoms with Gasteiger partial charge < -0.3 is 19.7 Å². The van der Waals surface area contributed by atoms with E-state index in [0.29, 0.717) is 30.8 Å². The highest BCUT2D eigenvalue weighted by molar-refractivity contribution is 6.09. The van der Waals surface area contributed by atoms with Gasteiger partial charge in [0.15, 0.2) is 0 Å². The Hall–Kier alpha value is -4.13. The van der Waals surface area contributed by atoms with Gasteiger partial charge in [-0.25, -0.2) is 0 Å². The van der Waals surface area contributed by atoms with E-state index in [1.165, 1.54) is 0 Å². The van der Waals surface area contributed by atoms with E-state index >= 15 is 0 Å². The van der Waals surface area contributed by atoms with Gasteiger partial charge in [-0.3, -0.25) is 14.6 Å². The molecule has 2 aromatic rings. The zero-order valence-electron chi connectivity index (χ0n) is 22.7. The summed E-state index contributed by atoms with van der Waals surface area (Å²) in [6, 6.07) is 15.8. The molecule has 0 saturated heterocycles. The molecule has 0 fully saturated rings. The molecule has 38 heavy (non-hydrogen) atoms. The summed E-state index contributed by atoms with van der Waals surface area (Å²) in [7, 11) is 1.72. The first-order valence-electron chi connectivity index (χ1n) is 13.1. The fourth-order valence-electron chi connectivity index (χ4n) is 4.86. The number of amides is 1. The summed E-state index contributed by atoms with van der Waals surface area (Å²) in [5, 5.41) is 14.2. The van der Waals surface area contributed by atoms with E-state index in [2.05, 4.69) is 36.3 Å². The third kappa shape index (κ3) is 5.42. The van der Waals surface area contributed by atoms with Gasteiger partial charge in [-0.1, -0.05) is 18.2 Å². The largest absolute Gasteiger partial charge is 0.481 e. The van der Waals surface area contributed by atoms with Crippen LogP contribution in [0.25, 0.3) is 33.4 Å². The van der Waals surface area contributed by atoms with Crippen molar-refractivity contribution >= 4 is 28.5 Å². The van der Waals surface area contributed by atoms with E-state index in [4.69, 9.17) is 9.52 Å². The van der Waals surface area contributed by atoms with Gasteiger partial charge in [0.1, 0.15) is 11.3 Å². The van der Waals surface area contributed by atoms with Crippen molar-refractivity contribution in [3.05, 3.63) is 70.6 Å². The van der Waals surface area contributed by atoms with Crippen LogP contribution in [-0.4, -0.2) is 48.6 Å². The van der Waals surface area contributed by atoms with E-state index in [0.717, 1.165) is 56.4 Å². The molecule has 1 aliphatic carbocycles. The van der Waals surface area contributed by atoms with Crippen molar-refractivity contribution in [2.24, 2.45) is 4.99 Å². The number of nitrogens with zero attached hydrogens (tertiary/aromatic N) is 2. The van der Waals surface area contributed by atoms with Crippen molar-refractivity contribution in [2.45, 2.75) is 40.5 Å². The standard InChI is InChI=1S/C31H35N3O4/c1-6-32-25-17-27-23(15-19(25)3)30(24-16-20(4)26(33-7-2)18-28(24)38-27)21-11-8-9-12-22(21)31(37)34(5)14-10-13-29(35)36/h8-9,11-12,15-18,32H,6-7,10,13-14H2,1-5H3,(H,35,36). The fourth-order valence-corrected chi connectivity index (χ4v) is 4.86. The third-order valence-corrected chi connectivity index (χ3v) is 6.74. The summed E-state index contributed by atoms with van der Waals surface area (Å²) in [6.07, 6.45) is 0.414. The minimum atomic E-state index is -0.867. The number of carboxylic acid groups (broad SMARTS) is 1. The van der Waals surface area contributed by atoms with Crippen LogP contribution in [0.5, 0.6) is 0 Å². The smallest absolute Gasteiger partial charge is 0.303 e. The molecule has 0 spiro atoms. The second-order valence-corrected chi connectivity index (χ2v) is 9.55. The van der Waals surface area contributed by atoms with Crippen LogP contribution in [0.15, 0.2) is 57.9 Å². The van der Waals surface area contributed by atoms with Crippen LogP contribution in [0.4, 0.5) is 5.69 Å². The SMILES string of the molecule is CCN=c1cc2oc3cc(NCC)c(C)cc3c(-c3ccccc3C(=O)N(C)CCCC(=O)O)c-2cc1C. The van der Waals surface area contributed by atoms with Crippen molar-refractivity contribution in [3.8, 4) is 22.5 Å². The predicted molar refractivity (Wildman–Crippen MR) is 152 cm³/mol. The average Bonchev–Trinajstić information content (AvgIpc) is 2.88. The molecule has 0 bridgehead atoms. The Labute approximate surface area is 223 Å². The number of carbonyl (C=O) groups excluding carboxylic acids is 1. The van der Waals surface area contributed by atoms with Gasteiger partial charge in [-0.05, 0) is 69.0 Å². The summed E-state index contributed by atoms with van der Waals surface area (Å²) in [4.78, 5) is 30.8. The second kappa shape index (κ2) is 11.5. The van der Waals surface area contributed by atoms with Crippen molar-refractivity contribution in [3.63, 3.8) is 0 Å². The molecule has 0 aromatic heterocycles. The first kappa shape index (κ1) is 26.9. The summed E-state index contributed by atoms with van der Waals surface area (Å²) in [6.45, 7) is 9.98. The van der Waals surface area contributed by atoms with E-state index in [1.807, 2.05) is 50.2 Å². The van der Waals surface area contributed by atoms with Crippen molar-refractivity contribution in [1.29, 1.82) is 0 Å². The molecular formula is C31H35N3O4. The molecule has 198 valence electrons. The van der Waals surface area contributed by atoms with Crippen LogP contribution in [0, 0.1) is 13.8 Å². The monoisotopic (exact) mass is 513 g/mol. The van der Waals surface area contributed by atoms with Gasteiger partial charge in [0.2, 0.25) is 0 Å². The molecule has 2 aromatic carbocycles. The van der Waals surface area contributed by atoms with Gasteiger partial charge in [0.25, 0.3) is 5.91 Å². The maximum absolute atomic E-state index is 13.6. The molecule has 2 aliphatic rings. The molecule has 0 radical (unpaired) electrons. The molecule has 0 unspecified atom stereocenters. The molecular weight excluding hydrogens is 478 g/mol. The minimum Gasteiger partial charge on any atom is -0.481 e. The lowest BCUT2D eigenvalue weighted by Crippen LogP contribution is -2.28. The molecule has 4 rings (SSSR count). The molecule has 1 amide bonds. The van der Waals surface area contributed by atoms with Gasteiger partial charge >= 0.3 is 5.97 Å². The molecule has 0 saturated carbocycles. The van der Waals surface area contributed by atoms with Crippen LogP contribution in [0.1, 0.15) is 48.2 Å². The van der Waals surface area contributed by atoms with Crippen LogP contribution in [0.3, 0.4) is 0 Å². The summed E-state index contributed by atoms with van der Waals surface area (Å²) < 4.78 is 6.46. The lowest BCUT2D eigenvalue weighted by molar-refractivity contribution is -0.137. The van der Waals surface area contributed by atoms with E-state index < -0.39 is 5.97 Å². The zero-order valence-corrected chi connectivity index (χ0v) is 22.7. The first-order chi connectivity index (χ1) is 18.2. The molecule has 7 nitrogen and oxygen atoms in total. The highest BCUT2D eigenvalue weighted by Gasteiger charge is 2.24. The Morgan fingerprint density at radius 2 is 1.79 bits per heavy atom. The summed E-state index contributed by atoms with van der Waals surface area (Å²) in [5.74, 6) is -0.314. The molecule has 2 N–H and O–H groups in total. The minimum absolute atomic E-state index is 0.0204. The van der Waals surface area contributed by atoms with Crippen LogP contribution >= 0.6 is 0 Å². The Bertz CT molecular complexity index is 1540. The number of nitrogens with one attached hydrogen (secondary N) is 1. The van der Waals surface area contributed by atoms with Gasteiger partial charge in [-0.2, -0.15) is 0 Å². The number of aliphatic carboxylic acids is 1. The number of anilines is 1.